The summed E-state index contributed by atoms with van der Waals surface area (Å²) in [5.41, 5.74) is 0. The molecule has 0 rings (SSSR count). The number of rotatable bonds is 0. The van der Waals surface area contributed by atoms with Crippen LogP contribution in [0.4, 0.5) is 0 Å². The molecule has 0 spiro atoms. The van der Waals surface area contributed by atoms with Crippen LogP contribution < -0.4 is 0 Å². The molecule has 0 aromatic heterocycles. The molecule has 0 nitrogen and oxygen atoms in total. The van der Waals surface area contributed by atoms with Crippen molar-refractivity contribution < 1.29 is 0 Å². The van der Waals surface area contributed by atoms with E-state index in [1.54, 1.807) is 0 Å². The Labute approximate surface area is 49.1 Å². The summed E-state index contributed by atoms with van der Waals surface area (Å²) >= 11 is 3.15. The van der Waals surface area contributed by atoms with Crippen molar-refractivity contribution in [1.82, 2.24) is 0 Å². The van der Waals surface area contributed by atoms with E-state index in [1.807, 2.05) is 6.92 Å². The Morgan fingerprint density at radius 2 is 1.17 bits per heavy atom. The maximum Gasteiger partial charge on any atom is 0.000281 e. The smallest absolute Gasteiger partial charge is 0.000281 e. The van der Waals surface area contributed by atoms with Crippen LogP contribution in [0.3, 0.4) is 0 Å². The molecule has 0 fully saturated rings. The Morgan fingerprint density at radius 1 is 1.17 bits per heavy atom. The van der Waals surface area contributed by atoms with E-state index < -0.39 is 0 Å². The van der Waals surface area contributed by atoms with Gasteiger partial charge in [0.05, 0.1) is 0 Å². The van der Waals surface area contributed by atoms with Gasteiger partial charge in [-0.25, -0.2) is 0 Å². The Balaban J connectivity index is 0. The number of hydrogen-bond donors (Lipinski definition) is 0. The average Bonchev–Trinajstić information content (AvgIpc) is 1.39. The second-order valence-corrected chi connectivity index (χ2v) is 2.10. The molecule has 0 aliphatic rings. The van der Waals surface area contributed by atoms with Crippen molar-refractivity contribution in [3.05, 3.63) is 0 Å². The zero-order chi connectivity index (χ0) is 5.41. The van der Waals surface area contributed by atoms with Gasteiger partial charge in [-0.3, -0.25) is 0 Å². The third-order valence-corrected chi connectivity index (χ3v) is 0. The van der Waals surface area contributed by atoms with Gasteiger partial charge in [0.15, 0.2) is 0 Å². The van der Waals surface area contributed by atoms with Crippen LogP contribution in [-0.4, -0.2) is 5.33 Å². The molecule has 0 bridgehead atoms. The standard InChI is InChI=1S/C3H8.C2H5Br/c1-3-2;1-2-3/h3H2,1-2H3;2H2,1H3. The SMILES string of the molecule is CCBr.CCC. The van der Waals surface area contributed by atoms with Crippen LogP contribution in [0, 0.1) is 0 Å². The molecule has 0 aliphatic carbocycles. The minimum atomic E-state index is 1.06. The number of hydrogen-bond acceptors (Lipinski definition) is 0. The van der Waals surface area contributed by atoms with Crippen LogP contribution >= 0.6 is 15.9 Å². The van der Waals surface area contributed by atoms with Crippen molar-refractivity contribution in [2.45, 2.75) is 27.2 Å². The van der Waals surface area contributed by atoms with Gasteiger partial charge in [-0.15, -0.1) is 0 Å². The highest BCUT2D eigenvalue weighted by atomic mass is 79.9. The molecule has 1 heteroatoms. The Hall–Kier alpha value is 0.480. The highest BCUT2D eigenvalue weighted by Crippen LogP contribution is 1.67. The van der Waals surface area contributed by atoms with Gasteiger partial charge in [-0.2, -0.15) is 0 Å². The third kappa shape index (κ3) is 235. The first-order chi connectivity index (χ1) is 2.83. The summed E-state index contributed by atoms with van der Waals surface area (Å²) < 4.78 is 0. The van der Waals surface area contributed by atoms with Crippen LogP contribution in [0.15, 0.2) is 0 Å². The molecule has 0 N–H and O–H groups in total. The molecule has 0 heterocycles. The second-order valence-electron chi connectivity index (χ2n) is 0.974. The third-order valence-electron chi connectivity index (χ3n) is 0. The molecule has 0 atom stereocenters. The topological polar surface area (TPSA) is 0 Å². The average molecular weight is 153 g/mol. The van der Waals surface area contributed by atoms with Gasteiger partial charge in [-0.05, 0) is 0 Å². The van der Waals surface area contributed by atoms with Crippen LogP contribution in [0.25, 0.3) is 0 Å². The van der Waals surface area contributed by atoms with Gasteiger partial charge in [0, 0.05) is 5.33 Å². The molecule has 0 unspecified atom stereocenters. The Bertz CT molecular complexity index is 5.90. The molecule has 0 amide bonds. The molecule has 0 saturated heterocycles. The molecule has 0 aromatic rings. The minimum Gasteiger partial charge on any atom is -0.0931 e. The van der Waals surface area contributed by atoms with E-state index >= 15 is 0 Å². The number of alkyl halides is 1. The summed E-state index contributed by atoms with van der Waals surface area (Å²) in [4.78, 5) is 0. The molecule has 0 aromatic carbocycles. The summed E-state index contributed by atoms with van der Waals surface area (Å²) in [7, 11) is 0. The van der Waals surface area contributed by atoms with E-state index in [0.717, 1.165) is 5.33 Å². The maximum atomic E-state index is 3.15. The first-order valence-corrected chi connectivity index (χ1v) is 3.51. The van der Waals surface area contributed by atoms with E-state index in [0.29, 0.717) is 0 Å². The van der Waals surface area contributed by atoms with E-state index in [4.69, 9.17) is 0 Å². The molecular formula is C5H13Br. The van der Waals surface area contributed by atoms with Crippen molar-refractivity contribution >= 4 is 15.9 Å². The van der Waals surface area contributed by atoms with E-state index in [-0.39, 0.29) is 0 Å². The zero-order valence-corrected chi connectivity index (χ0v) is 6.38. The first kappa shape index (κ1) is 9.70. The molecule has 40 valence electrons. The summed E-state index contributed by atoms with van der Waals surface area (Å²) in [5.74, 6) is 0. The molecular weight excluding hydrogens is 140 g/mol. The second kappa shape index (κ2) is 17.9. The van der Waals surface area contributed by atoms with Gasteiger partial charge >= 0.3 is 0 Å². The Kier molecular flexibility index (Phi) is 28.9. The fourth-order valence-electron chi connectivity index (χ4n) is 0. The molecule has 6 heavy (non-hydrogen) atoms. The Morgan fingerprint density at radius 3 is 1.17 bits per heavy atom. The summed E-state index contributed by atoms with van der Waals surface area (Å²) in [6, 6.07) is 0. The highest BCUT2D eigenvalue weighted by molar-refractivity contribution is 9.09. The molecule has 0 saturated carbocycles. The molecule has 0 aliphatic heterocycles. The van der Waals surface area contributed by atoms with Crippen molar-refractivity contribution in [2.24, 2.45) is 0 Å². The normalized spacial score (nSPS) is 6.00. The summed E-state index contributed by atoms with van der Waals surface area (Å²) in [6.07, 6.45) is 1.25. The van der Waals surface area contributed by atoms with Crippen LogP contribution in [0.1, 0.15) is 27.2 Å². The van der Waals surface area contributed by atoms with E-state index in [9.17, 15) is 0 Å². The lowest BCUT2D eigenvalue weighted by Crippen LogP contribution is -1.34. The fraction of sp³-hybridized carbons (Fsp3) is 1.00. The van der Waals surface area contributed by atoms with E-state index in [1.165, 1.54) is 6.42 Å². The molecule has 0 radical (unpaired) electrons. The van der Waals surface area contributed by atoms with Crippen LogP contribution in [-0.2, 0) is 0 Å². The zero-order valence-electron chi connectivity index (χ0n) is 4.79. The van der Waals surface area contributed by atoms with Crippen LogP contribution in [0.5, 0.6) is 0 Å². The van der Waals surface area contributed by atoms with Crippen molar-refractivity contribution in [1.29, 1.82) is 0 Å². The largest absolute Gasteiger partial charge is 0.0931 e. The minimum absolute atomic E-state index is 1.06. The lowest BCUT2D eigenvalue weighted by Gasteiger charge is -1.48. The van der Waals surface area contributed by atoms with E-state index in [2.05, 4.69) is 29.8 Å². The van der Waals surface area contributed by atoms with Gasteiger partial charge < -0.3 is 0 Å². The lowest BCUT2D eigenvalue weighted by molar-refractivity contribution is 1.09. The first-order valence-electron chi connectivity index (χ1n) is 2.39. The van der Waals surface area contributed by atoms with Gasteiger partial charge in [0.25, 0.3) is 0 Å². The van der Waals surface area contributed by atoms with Gasteiger partial charge in [0.2, 0.25) is 0 Å². The fourth-order valence-corrected chi connectivity index (χ4v) is 0. The quantitative estimate of drug-likeness (QED) is 0.469. The summed E-state index contributed by atoms with van der Waals surface area (Å²) in [6.45, 7) is 6.29. The maximum absolute atomic E-state index is 3.15. The number of halogens is 1. The van der Waals surface area contributed by atoms with Gasteiger partial charge in [0.1, 0.15) is 0 Å². The monoisotopic (exact) mass is 152 g/mol. The predicted octanol–water partition coefficient (Wildman–Crippen LogP) is 2.82. The van der Waals surface area contributed by atoms with Crippen molar-refractivity contribution in [3.63, 3.8) is 0 Å². The van der Waals surface area contributed by atoms with Gasteiger partial charge in [-0.1, -0.05) is 43.1 Å². The highest BCUT2D eigenvalue weighted by Gasteiger charge is 1.38. The van der Waals surface area contributed by atoms with Crippen LogP contribution in [0.2, 0.25) is 0 Å². The van der Waals surface area contributed by atoms with Crippen molar-refractivity contribution in [2.75, 3.05) is 5.33 Å². The lowest BCUT2D eigenvalue weighted by atomic mass is 10.6. The predicted molar refractivity (Wildman–Crippen MR) is 35.4 cm³/mol. The summed E-state index contributed by atoms with van der Waals surface area (Å²) in [5, 5.41) is 1.06. The van der Waals surface area contributed by atoms with Crippen molar-refractivity contribution in [3.8, 4) is 0 Å².